The highest BCUT2D eigenvalue weighted by atomic mass is 79.9. The molecule has 0 spiro atoms. The van der Waals surface area contributed by atoms with E-state index in [0.717, 1.165) is 15.9 Å². The van der Waals surface area contributed by atoms with Crippen molar-refractivity contribution >= 4 is 39.1 Å². The van der Waals surface area contributed by atoms with E-state index >= 15 is 0 Å². The van der Waals surface area contributed by atoms with Gasteiger partial charge in [-0.3, -0.25) is 9.48 Å². The van der Waals surface area contributed by atoms with Crippen LogP contribution in [0, 0.1) is 13.8 Å². The van der Waals surface area contributed by atoms with Gasteiger partial charge < -0.3 is 10.1 Å². The molecule has 1 amide bonds. The molecule has 1 N–H and O–H groups in total. The average Bonchev–Trinajstić information content (AvgIpc) is 3.17. The Balaban J connectivity index is 1.71. The van der Waals surface area contributed by atoms with Crippen molar-refractivity contribution in [2.75, 3.05) is 12.4 Å². The average molecular weight is 439 g/mol. The van der Waals surface area contributed by atoms with Crippen molar-refractivity contribution in [1.29, 1.82) is 0 Å². The molecule has 3 aromatic rings. The number of carbonyl (C=O) groups excluding carboxylic acids is 1. The van der Waals surface area contributed by atoms with E-state index in [1.54, 1.807) is 35.1 Å². The maximum Gasteiger partial charge on any atom is 0.276 e. The van der Waals surface area contributed by atoms with Crippen LogP contribution in [0.3, 0.4) is 0 Å². The number of anilines is 1. The van der Waals surface area contributed by atoms with Gasteiger partial charge in [0.25, 0.3) is 5.91 Å². The van der Waals surface area contributed by atoms with Crippen LogP contribution in [0.5, 0.6) is 5.75 Å². The topological polar surface area (TPSA) is 74.0 Å². The SMILES string of the molecule is COc1ccc(NC(=O)c2ccn(Cn3nc(C)c(Br)c3C)n2)cc1Cl. The van der Waals surface area contributed by atoms with Crippen LogP contribution in [0.2, 0.25) is 5.02 Å². The summed E-state index contributed by atoms with van der Waals surface area (Å²) in [6.07, 6.45) is 1.74. The molecule has 0 atom stereocenters. The fourth-order valence-corrected chi connectivity index (χ4v) is 2.99. The first kappa shape index (κ1) is 18.5. The molecule has 0 radical (unpaired) electrons. The third-order valence-corrected chi connectivity index (χ3v) is 5.30. The lowest BCUT2D eigenvalue weighted by molar-refractivity contribution is 0.102. The van der Waals surface area contributed by atoms with E-state index in [2.05, 4.69) is 31.4 Å². The maximum atomic E-state index is 12.4. The minimum absolute atomic E-state index is 0.303. The van der Waals surface area contributed by atoms with Gasteiger partial charge >= 0.3 is 0 Å². The predicted molar refractivity (Wildman–Crippen MR) is 103 cm³/mol. The molecule has 0 bridgehead atoms. The number of benzene rings is 1. The summed E-state index contributed by atoms with van der Waals surface area (Å²) in [5.41, 5.74) is 2.77. The van der Waals surface area contributed by atoms with Crippen molar-refractivity contribution in [1.82, 2.24) is 19.6 Å². The van der Waals surface area contributed by atoms with Crippen LogP contribution in [0.25, 0.3) is 0 Å². The first-order valence-electron chi connectivity index (χ1n) is 7.77. The van der Waals surface area contributed by atoms with Crippen LogP contribution >= 0.6 is 27.5 Å². The molecule has 26 heavy (non-hydrogen) atoms. The molecule has 2 heterocycles. The molecular weight excluding hydrogens is 422 g/mol. The number of aryl methyl sites for hydroxylation is 1. The number of nitrogens with one attached hydrogen (secondary N) is 1. The van der Waals surface area contributed by atoms with Gasteiger partial charge in [0.05, 0.1) is 28.0 Å². The van der Waals surface area contributed by atoms with E-state index in [1.807, 2.05) is 18.5 Å². The summed E-state index contributed by atoms with van der Waals surface area (Å²) in [6, 6.07) is 6.69. The highest BCUT2D eigenvalue weighted by molar-refractivity contribution is 9.10. The van der Waals surface area contributed by atoms with Gasteiger partial charge in [0, 0.05) is 11.9 Å². The lowest BCUT2D eigenvalue weighted by atomic mass is 10.3. The summed E-state index contributed by atoms with van der Waals surface area (Å²) in [6.45, 7) is 4.31. The molecule has 0 saturated heterocycles. The fraction of sp³-hybridized carbons (Fsp3) is 0.235. The molecule has 0 unspecified atom stereocenters. The van der Waals surface area contributed by atoms with Crippen molar-refractivity contribution in [2.45, 2.75) is 20.5 Å². The van der Waals surface area contributed by atoms with Gasteiger partial charge in [-0.15, -0.1) is 0 Å². The number of rotatable bonds is 5. The highest BCUT2D eigenvalue weighted by Crippen LogP contribution is 2.27. The van der Waals surface area contributed by atoms with Gasteiger partial charge in [-0.1, -0.05) is 11.6 Å². The highest BCUT2D eigenvalue weighted by Gasteiger charge is 2.13. The molecule has 0 fully saturated rings. The number of carbonyl (C=O) groups is 1. The number of nitrogens with zero attached hydrogens (tertiary/aromatic N) is 4. The van der Waals surface area contributed by atoms with E-state index in [9.17, 15) is 4.79 Å². The molecule has 0 aliphatic carbocycles. The summed E-state index contributed by atoms with van der Waals surface area (Å²) in [5.74, 6) is 0.226. The maximum absolute atomic E-state index is 12.4. The van der Waals surface area contributed by atoms with Gasteiger partial charge in [-0.25, -0.2) is 4.68 Å². The summed E-state index contributed by atoms with van der Waals surface area (Å²) in [7, 11) is 1.54. The molecule has 1 aromatic carbocycles. The minimum Gasteiger partial charge on any atom is -0.495 e. The zero-order valence-corrected chi connectivity index (χ0v) is 16.8. The molecule has 9 heteroatoms. The summed E-state index contributed by atoms with van der Waals surface area (Å²) in [5, 5.41) is 11.9. The first-order valence-corrected chi connectivity index (χ1v) is 8.94. The predicted octanol–water partition coefficient (Wildman–Crippen LogP) is 3.88. The molecule has 0 aliphatic rings. The van der Waals surface area contributed by atoms with Crippen LogP contribution in [0.4, 0.5) is 5.69 Å². The molecule has 3 rings (SSSR count). The molecule has 7 nitrogen and oxygen atoms in total. The third kappa shape index (κ3) is 3.76. The minimum atomic E-state index is -0.320. The number of halogens is 2. The zero-order chi connectivity index (χ0) is 18.8. The van der Waals surface area contributed by atoms with Crippen LogP contribution in [-0.2, 0) is 6.67 Å². The van der Waals surface area contributed by atoms with Crippen LogP contribution in [0.1, 0.15) is 21.9 Å². The summed E-state index contributed by atoms with van der Waals surface area (Å²) >= 11 is 9.57. The second kappa shape index (κ2) is 7.51. The Bertz CT molecular complexity index is 966. The van der Waals surface area contributed by atoms with Crippen LogP contribution < -0.4 is 10.1 Å². The van der Waals surface area contributed by atoms with E-state index in [-0.39, 0.29) is 5.91 Å². The number of aromatic nitrogens is 4. The van der Waals surface area contributed by atoms with Crippen molar-refractivity contribution in [3.8, 4) is 5.75 Å². The standard InChI is InChI=1S/C17H17BrClN5O2/c1-10-16(18)11(2)24(21-10)9-23-7-6-14(22-23)17(25)20-12-4-5-15(26-3)13(19)8-12/h4-8H,9H2,1-3H3,(H,20,25). The van der Waals surface area contributed by atoms with Crippen molar-refractivity contribution in [3.63, 3.8) is 0 Å². The monoisotopic (exact) mass is 437 g/mol. The van der Waals surface area contributed by atoms with E-state index < -0.39 is 0 Å². The van der Waals surface area contributed by atoms with E-state index in [1.165, 1.54) is 7.11 Å². The Kier molecular flexibility index (Phi) is 5.33. The number of ether oxygens (including phenoxy) is 1. The Hall–Kier alpha value is -2.32. The molecule has 136 valence electrons. The Morgan fingerprint density at radius 2 is 2.08 bits per heavy atom. The molecular formula is C17H17BrClN5O2. The lowest BCUT2D eigenvalue weighted by Crippen LogP contribution is -2.15. The summed E-state index contributed by atoms with van der Waals surface area (Å²) in [4.78, 5) is 12.4. The third-order valence-electron chi connectivity index (χ3n) is 3.85. The van der Waals surface area contributed by atoms with Gasteiger partial charge in [0.15, 0.2) is 5.69 Å². The number of amides is 1. The largest absolute Gasteiger partial charge is 0.495 e. The quantitative estimate of drug-likeness (QED) is 0.656. The zero-order valence-electron chi connectivity index (χ0n) is 14.5. The fourth-order valence-electron chi connectivity index (χ4n) is 2.45. The number of methoxy groups -OCH3 is 1. The van der Waals surface area contributed by atoms with Crippen molar-refractivity contribution < 1.29 is 9.53 Å². The van der Waals surface area contributed by atoms with Gasteiger partial charge in [0.1, 0.15) is 12.4 Å². The second-order valence-corrected chi connectivity index (χ2v) is 6.87. The Labute approximate surface area is 164 Å². The van der Waals surface area contributed by atoms with Gasteiger partial charge in [-0.2, -0.15) is 10.2 Å². The van der Waals surface area contributed by atoms with Crippen molar-refractivity contribution in [3.05, 3.63) is 57.0 Å². The van der Waals surface area contributed by atoms with Gasteiger partial charge in [-0.05, 0) is 54.0 Å². The smallest absolute Gasteiger partial charge is 0.276 e. The van der Waals surface area contributed by atoms with Crippen LogP contribution in [0.15, 0.2) is 34.9 Å². The summed E-state index contributed by atoms with van der Waals surface area (Å²) < 4.78 is 9.54. The molecule has 0 aliphatic heterocycles. The Morgan fingerprint density at radius 3 is 2.69 bits per heavy atom. The number of hydrogen-bond donors (Lipinski definition) is 1. The second-order valence-electron chi connectivity index (χ2n) is 5.67. The Morgan fingerprint density at radius 1 is 1.31 bits per heavy atom. The molecule has 0 saturated carbocycles. The van der Waals surface area contributed by atoms with E-state index in [0.29, 0.717) is 28.8 Å². The van der Waals surface area contributed by atoms with Crippen LogP contribution in [-0.4, -0.2) is 32.6 Å². The van der Waals surface area contributed by atoms with Crippen molar-refractivity contribution in [2.24, 2.45) is 0 Å². The van der Waals surface area contributed by atoms with Gasteiger partial charge in [0.2, 0.25) is 0 Å². The lowest BCUT2D eigenvalue weighted by Gasteiger charge is -2.07. The molecule has 2 aromatic heterocycles. The normalized spacial score (nSPS) is 10.8. The first-order chi connectivity index (χ1) is 12.4. The van der Waals surface area contributed by atoms with E-state index in [4.69, 9.17) is 16.3 Å². The number of hydrogen-bond acceptors (Lipinski definition) is 4.